The Kier molecular flexibility index (Phi) is 5.22. The van der Waals surface area contributed by atoms with Crippen LogP contribution in [0.2, 0.25) is 0 Å². The molecule has 0 saturated heterocycles. The highest BCUT2D eigenvalue weighted by Gasteiger charge is 2.27. The molecular weight excluding hydrogens is 511 g/mol. The third-order valence-corrected chi connectivity index (χ3v) is 8.09. The summed E-state index contributed by atoms with van der Waals surface area (Å²) in [5.74, 6) is 0.314. The summed E-state index contributed by atoms with van der Waals surface area (Å²) in [6, 6.07) is 31.5. The van der Waals surface area contributed by atoms with Crippen molar-refractivity contribution in [2.45, 2.75) is 5.92 Å². The summed E-state index contributed by atoms with van der Waals surface area (Å²) in [5.41, 5.74) is 8.81. The molecule has 0 spiro atoms. The molecule has 0 fully saturated rings. The predicted octanol–water partition coefficient (Wildman–Crippen LogP) is 8.67. The molecule has 0 saturated carbocycles. The number of fused-ring (bicyclic) bond motifs is 5. The highest BCUT2D eigenvalue weighted by Crippen LogP contribution is 2.42. The molecule has 4 heterocycles. The summed E-state index contributed by atoms with van der Waals surface area (Å²) >= 11 is 0. The second kappa shape index (κ2) is 9.10. The Morgan fingerprint density at radius 2 is 1.37 bits per heavy atom. The summed E-state index contributed by atoms with van der Waals surface area (Å²) in [6.07, 6.45) is 4.17. The van der Waals surface area contributed by atoms with Gasteiger partial charge in [0.25, 0.3) is 0 Å². The maximum absolute atomic E-state index is 14.0. The first-order valence-electron chi connectivity index (χ1n) is 13.6. The number of aromatic amines is 3. The van der Waals surface area contributed by atoms with Crippen LogP contribution < -0.4 is 4.74 Å². The standard InChI is InChI=1S/C35H25FN4O/c1-41-22-14-15-30-25(16-22)28(19-38-30)33(27-18-37-29-8-4-2-7-24(27)29)32-17-26-23-6-3-5-9-31(23)39-35(26)34(40-32)20-10-12-21(36)13-11-20/h2-19,33,37-39H,1H3. The van der Waals surface area contributed by atoms with Gasteiger partial charge in [-0.3, -0.25) is 0 Å². The minimum absolute atomic E-state index is 0.204. The van der Waals surface area contributed by atoms with Crippen LogP contribution in [-0.2, 0) is 0 Å². The van der Waals surface area contributed by atoms with Gasteiger partial charge in [-0.2, -0.15) is 0 Å². The number of rotatable bonds is 5. The van der Waals surface area contributed by atoms with Gasteiger partial charge in [-0.15, -0.1) is 0 Å². The molecule has 0 aliphatic heterocycles. The highest BCUT2D eigenvalue weighted by atomic mass is 19.1. The van der Waals surface area contributed by atoms with E-state index in [4.69, 9.17) is 9.72 Å². The fraction of sp³-hybridized carbons (Fsp3) is 0.0571. The first kappa shape index (κ1) is 23.5. The van der Waals surface area contributed by atoms with E-state index >= 15 is 0 Å². The molecule has 1 atom stereocenters. The normalized spacial score (nSPS) is 12.5. The van der Waals surface area contributed by atoms with Crippen molar-refractivity contribution in [3.8, 4) is 17.0 Å². The molecule has 198 valence electrons. The summed E-state index contributed by atoms with van der Waals surface area (Å²) in [6.45, 7) is 0. The predicted molar refractivity (Wildman–Crippen MR) is 163 cm³/mol. The van der Waals surface area contributed by atoms with Crippen molar-refractivity contribution in [1.82, 2.24) is 19.9 Å². The van der Waals surface area contributed by atoms with E-state index in [0.717, 1.165) is 77.4 Å². The van der Waals surface area contributed by atoms with Gasteiger partial charge in [0.05, 0.1) is 29.9 Å². The van der Waals surface area contributed by atoms with Crippen molar-refractivity contribution >= 4 is 43.6 Å². The van der Waals surface area contributed by atoms with E-state index in [9.17, 15) is 4.39 Å². The second-order valence-corrected chi connectivity index (χ2v) is 10.4. The molecule has 0 aliphatic carbocycles. The molecule has 41 heavy (non-hydrogen) atoms. The van der Waals surface area contributed by atoms with Gasteiger partial charge < -0.3 is 19.7 Å². The van der Waals surface area contributed by atoms with Crippen molar-refractivity contribution in [2.75, 3.05) is 7.11 Å². The fourth-order valence-electron chi connectivity index (χ4n) is 6.14. The molecule has 4 aromatic carbocycles. The zero-order chi connectivity index (χ0) is 27.5. The number of nitrogens with one attached hydrogen (secondary N) is 3. The number of halogens is 1. The topological polar surface area (TPSA) is 69.5 Å². The fourth-order valence-corrected chi connectivity index (χ4v) is 6.14. The van der Waals surface area contributed by atoms with E-state index in [1.54, 1.807) is 19.2 Å². The van der Waals surface area contributed by atoms with Crippen LogP contribution in [0.5, 0.6) is 5.75 Å². The maximum atomic E-state index is 14.0. The molecule has 8 aromatic rings. The molecule has 8 rings (SSSR count). The third kappa shape index (κ3) is 3.72. The Bertz CT molecular complexity index is 2220. The van der Waals surface area contributed by atoms with E-state index in [2.05, 4.69) is 75.9 Å². The van der Waals surface area contributed by atoms with Crippen LogP contribution in [-0.4, -0.2) is 27.0 Å². The highest BCUT2D eigenvalue weighted by molar-refractivity contribution is 6.11. The molecule has 0 radical (unpaired) electrons. The van der Waals surface area contributed by atoms with Crippen molar-refractivity contribution in [1.29, 1.82) is 0 Å². The van der Waals surface area contributed by atoms with E-state index in [1.165, 1.54) is 12.1 Å². The summed E-state index contributed by atoms with van der Waals surface area (Å²) in [7, 11) is 1.69. The van der Waals surface area contributed by atoms with Crippen LogP contribution in [0.25, 0.3) is 54.9 Å². The molecule has 0 bridgehead atoms. The van der Waals surface area contributed by atoms with Crippen molar-refractivity contribution < 1.29 is 9.13 Å². The minimum Gasteiger partial charge on any atom is -0.497 e. The van der Waals surface area contributed by atoms with Crippen LogP contribution in [0.15, 0.2) is 109 Å². The van der Waals surface area contributed by atoms with Gasteiger partial charge in [-0.25, -0.2) is 9.37 Å². The van der Waals surface area contributed by atoms with Gasteiger partial charge in [-0.1, -0.05) is 36.4 Å². The third-order valence-electron chi connectivity index (χ3n) is 8.09. The van der Waals surface area contributed by atoms with E-state index in [0.29, 0.717) is 0 Å². The number of methoxy groups -OCH3 is 1. The number of hydrogen-bond donors (Lipinski definition) is 3. The smallest absolute Gasteiger partial charge is 0.123 e. The van der Waals surface area contributed by atoms with Gasteiger partial charge in [0.2, 0.25) is 0 Å². The Hall–Kier alpha value is -5.36. The molecule has 6 heteroatoms. The number of H-pyrrole nitrogens is 3. The van der Waals surface area contributed by atoms with E-state index in [-0.39, 0.29) is 11.7 Å². The van der Waals surface area contributed by atoms with Gasteiger partial charge in [0.1, 0.15) is 11.6 Å². The molecular formula is C35H25FN4O. The molecule has 0 amide bonds. The lowest BCUT2D eigenvalue weighted by atomic mass is 9.86. The average molecular weight is 537 g/mol. The zero-order valence-corrected chi connectivity index (χ0v) is 22.2. The second-order valence-electron chi connectivity index (χ2n) is 10.4. The molecule has 5 nitrogen and oxygen atoms in total. The van der Waals surface area contributed by atoms with Gasteiger partial charge in [-0.05, 0) is 71.8 Å². The maximum Gasteiger partial charge on any atom is 0.123 e. The molecule has 4 aromatic heterocycles. The lowest BCUT2D eigenvalue weighted by Crippen LogP contribution is -2.06. The largest absolute Gasteiger partial charge is 0.497 e. The molecule has 3 N–H and O–H groups in total. The molecule has 0 aliphatic rings. The first-order valence-corrected chi connectivity index (χ1v) is 13.6. The monoisotopic (exact) mass is 536 g/mol. The van der Waals surface area contributed by atoms with Gasteiger partial charge in [0, 0.05) is 56.1 Å². The number of aromatic nitrogens is 4. The van der Waals surface area contributed by atoms with E-state index in [1.807, 2.05) is 24.3 Å². The Morgan fingerprint density at radius 3 is 2.15 bits per heavy atom. The number of ether oxygens (including phenoxy) is 1. The Labute approximate surface area is 234 Å². The van der Waals surface area contributed by atoms with Crippen LogP contribution in [0.3, 0.4) is 0 Å². The lowest BCUT2D eigenvalue weighted by molar-refractivity contribution is 0.415. The molecule has 1 unspecified atom stereocenters. The zero-order valence-electron chi connectivity index (χ0n) is 22.2. The van der Waals surface area contributed by atoms with Crippen LogP contribution in [0.4, 0.5) is 4.39 Å². The summed E-state index contributed by atoms with van der Waals surface area (Å²) in [4.78, 5) is 15.9. The average Bonchev–Trinajstić information content (AvgIpc) is 3.73. The number of pyridine rings is 1. The summed E-state index contributed by atoms with van der Waals surface area (Å²) < 4.78 is 19.6. The number of benzene rings is 4. The lowest BCUT2D eigenvalue weighted by Gasteiger charge is -2.18. The Morgan fingerprint density at radius 1 is 0.683 bits per heavy atom. The van der Waals surface area contributed by atoms with E-state index < -0.39 is 0 Å². The summed E-state index contributed by atoms with van der Waals surface area (Å²) in [5, 5.41) is 4.41. The van der Waals surface area contributed by atoms with Crippen LogP contribution >= 0.6 is 0 Å². The van der Waals surface area contributed by atoms with Crippen molar-refractivity contribution in [2.24, 2.45) is 0 Å². The van der Waals surface area contributed by atoms with Gasteiger partial charge >= 0.3 is 0 Å². The van der Waals surface area contributed by atoms with Crippen molar-refractivity contribution in [3.63, 3.8) is 0 Å². The number of nitrogens with zero attached hydrogens (tertiary/aromatic N) is 1. The van der Waals surface area contributed by atoms with Crippen LogP contribution in [0.1, 0.15) is 22.7 Å². The number of hydrogen-bond acceptors (Lipinski definition) is 2. The minimum atomic E-state index is -0.276. The van der Waals surface area contributed by atoms with Gasteiger partial charge in [0.15, 0.2) is 0 Å². The number of para-hydroxylation sites is 2. The Balaban J connectivity index is 1.48. The SMILES string of the molecule is COc1ccc2[nH]cc(C(c3cc4c([nH]c5ccccc54)c(-c4ccc(F)cc4)n3)c3c[nH]c4ccccc34)c2c1. The first-order chi connectivity index (χ1) is 20.2. The van der Waals surface area contributed by atoms with Crippen molar-refractivity contribution in [3.05, 3.63) is 132 Å². The quantitative estimate of drug-likeness (QED) is 0.206. The van der Waals surface area contributed by atoms with Crippen LogP contribution in [0, 0.1) is 5.82 Å².